The van der Waals surface area contributed by atoms with Crippen molar-refractivity contribution in [3.63, 3.8) is 0 Å². The minimum absolute atomic E-state index is 0.0947. The Bertz CT molecular complexity index is 755. The summed E-state index contributed by atoms with van der Waals surface area (Å²) >= 11 is 0. The van der Waals surface area contributed by atoms with Gasteiger partial charge in [-0.15, -0.1) is 0 Å². The van der Waals surface area contributed by atoms with E-state index in [4.69, 9.17) is 14.6 Å². The number of hydrogen-bond donors (Lipinski definition) is 2. The van der Waals surface area contributed by atoms with Gasteiger partial charge in [0.2, 0.25) is 5.91 Å². The Morgan fingerprint density at radius 2 is 1.85 bits per heavy atom. The fourth-order valence-corrected chi connectivity index (χ4v) is 3.80. The third kappa shape index (κ3) is 3.84. The lowest BCUT2D eigenvalue weighted by atomic mass is 9.91. The molecule has 1 saturated heterocycles. The van der Waals surface area contributed by atoms with Gasteiger partial charge in [-0.3, -0.25) is 14.4 Å². The highest BCUT2D eigenvalue weighted by molar-refractivity contribution is 5.97. The number of benzene rings is 1. The van der Waals surface area contributed by atoms with Crippen molar-refractivity contribution in [1.82, 2.24) is 10.2 Å². The molecule has 1 atom stereocenters. The number of carboxylic acid groups (broad SMARTS) is 1. The molecule has 146 valence electrons. The molecule has 27 heavy (non-hydrogen) atoms. The Balaban J connectivity index is 1.50. The van der Waals surface area contributed by atoms with Crippen LogP contribution in [0.1, 0.15) is 29.6 Å². The van der Waals surface area contributed by atoms with Crippen LogP contribution < -0.4 is 14.8 Å². The van der Waals surface area contributed by atoms with E-state index in [2.05, 4.69) is 5.32 Å². The smallest absolute Gasteiger partial charge is 0.307 e. The molecule has 1 aliphatic carbocycles. The molecular weight excluding hydrogens is 352 g/mol. The van der Waals surface area contributed by atoms with Crippen LogP contribution in [-0.4, -0.2) is 61.6 Å². The van der Waals surface area contributed by atoms with E-state index in [0.717, 1.165) is 0 Å². The summed E-state index contributed by atoms with van der Waals surface area (Å²) in [6.07, 6.45) is 2.12. The number of aliphatic carboxylic acids is 1. The Kier molecular flexibility index (Phi) is 5.25. The molecule has 2 fully saturated rings. The van der Waals surface area contributed by atoms with Crippen molar-refractivity contribution in [3.05, 3.63) is 23.8 Å². The molecule has 1 saturated carbocycles. The van der Waals surface area contributed by atoms with Gasteiger partial charge in [-0.1, -0.05) is 0 Å². The van der Waals surface area contributed by atoms with Gasteiger partial charge in [-0.25, -0.2) is 0 Å². The molecule has 1 spiro atoms. The molecule has 1 heterocycles. The van der Waals surface area contributed by atoms with Gasteiger partial charge in [-0.05, 0) is 42.9 Å². The minimum atomic E-state index is -0.739. The number of carbonyl (C=O) groups is 3. The van der Waals surface area contributed by atoms with Gasteiger partial charge in [0.25, 0.3) is 5.91 Å². The third-order valence-corrected chi connectivity index (χ3v) is 5.65. The lowest BCUT2D eigenvalue weighted by Gasteiger charge is -2.32. The maximum absolute atomic E-state index is 12.4. The molecule has 8 heteroatoms. The molecule has 1 aromatic carbocycles. The first kappa shape index (κ1) is 19.0. The number of amides is 2. The zero-order valence-electron chi connectivity index (χ0n) is 15.5. The van der Waals surface area contributed by atoms with Crippen molar-refractivity contribution in [3.8, 4) is 11.5 Å². The first-order valence-corrected chi connectivity index (χ1v) is 8.91. The number of nitrogens with one attached hydrogen (secondary N) is 1. The minimum Gasteiger partial charge on any atom is -0.493 e. The van der Waals surface area contributed by atoms with Gasteiger partial charge < -0.3 is 24.8 Å². The SMILES string of the molecule is COc1ccc(C(=O)NCC(=O)N2CCC3(CC2)CC3C(=O)O)cc1OC. The molecule has 0 aromatic heterocycles. The van der Waals surface area contributed by atoms with Crippen LogP contribution in [0.25, 0.3) is 0 Å². The van der Waals surface area contributed by atoms with Crippen molar-refractivity contribution < 1.29 is 29.0 Å². The molecule has 8 nitrogen and oxygen atoms in total. The summed E-state index contributed by atoms with van der Waals surface area (Å²) in [6.45, 7) is 0.978. The van der Waals surface area contributed by atoms with Crippen LogP contribution in [0.15, 0.2) is 18.2 Å². The van der Waals surface area contributed by atoms with Gasteiger partial charge in [0, 0.05) is 18.7 Å². The van der Waals surface area contributed by atoms with Crippen LogP contribution in [0.2, 0.25) is 0 Å². The molecule has 1 aromatic rings. The fraction of sp³-hybridized carbons (Fsp3) is 0.526. The number of methoxy groups -OCH3 is 2. The number of rotatable bonds is 6. The molecule has 2 amide bonds. The highest BCUT2D eigenvalue weighted by Crippen LogP contribution is 2.59. The average Bonchev–Trinajstić information content (AvgIpc) is 3.39. The van der Waals surface area contributed by atoms with Crippen molar-refractivity contribution in [2.75, 3.05) is 33.9 Å². The fourth-order valence-electron chi connectivity index (χ4n) is 3.80. The van der Waals surface area contributed by atoms with Crippen LogP contribution in [0.4, 0.5) is 0 Å². The summed E-state index contributed by atoms with van der Waals surface area (Å²) in [5, 5.41) is 11.8. The second kappa shape index (κ2) is 7.46. The number of hydrogen-bond acceptors (Lipinski definition) is 5. The first-order chi connectivity index (χ1) is 12.9. The Morgan fingerprint density at radius 3 is 2.41 bits per heavy atom. The normalized spacial score (nSPS) is 20.1. The lowest BCUT2D eigenvalue weighted by molar-refractivity contribution is -0.139. The molecular formula is C19H24N2O6. The summed E-state index contributed by atoms with van der Waals surface area (Å²) in [5.74, 6) is -0.573. The number of piperidine rings is 1. The monoisotopic (exact) mass is 376 g/mol. The first-order valence-electron chi connectivity index (χ1n) is 8.91. The van der Waals surface area contributed by atoms with E-state index in [-0.39, 0.29) is 29.7 Å². The molecule has 3 rings (SSSR count). The zero-order chi connectivity index (χ0) is 19.6. The third-order valence-electron chi connectivity index (χ3n) is 5.65. The maximum Gasteiger partial charge on any atom is 0.307 e. The predicted molar refractivity (Wildman–Crippen MR) is 95.9 cm³/mol. The van der Waals surface area contributed by atoms with E-state index in [1.54, 1.807) is 23.1 Å². The van der Waals surface area contributed by atoms with E-state index in [1.807, 2.05) is 0 Å². The largest absolute Gasteiger partial charge is 0.493 e. The van der Waals surface area contributed by atoms with Gasteiger partial charge in [-0.2, -0.15) is 0 Å². The van der Waals surface area contributed by atoms with Crippen molar-refractivity contribution in [1.29, 1.82) is 0 Å². The van der Waals surface area contributed by atoms with Crippen LogP contribution in [0, 0.1) is 11.3 Å². The molecule has 0 radical (unpaired) electrons. The van der Waals surface area contributed by atoms with Gasteiger partial charge >= 0.3 is 5.97 Å². The molecule has 0 bridgehead atoms. The summed E-state index contributed by atoms with van der Waals surface area (Å²) in [5.41, 5.74) is 0.256. The predicted octanol–water partition coefficient (Wildman–Crippen LogP) is 1.15. The van der Waals surface area contributed by atoms with E-state index in [1.165, 1.54) is 14.2 Å². The van der Waals surface area contributed by atoms with Crippen LogP contribution in [0.5, 0.6) is 11.5 Å². The lowest BCUT2D eigenvalue weighted by Crippen LogP contribution is -2.45. The summed E-state index contributed by atoms with van der Waals surface area (Å²) in [4.78, 5) is 37.4. The zero-order valence-corrected chi connectivity index (χ0v) is 15.5. The van der Waals surface area contributed by atoms with Crippen molar-refractivity contribution in [2.45, 2.75) is 19.3 Å². The molecule has 2 N–H and O–H groups in total. The highest BCUT2D eigenvalue weighted by Gasteiger charge is 2.59. The highest BCUT2D eigenvalue weighted by atomic mass is 16.5. The number of carboxylic acids is 1. The van der Waals surface area contributed by atoms with Gasteiger partial charge in [0.15, 0.2) is 11.5 Å². The van der Waals surface area contributed by atoms with Crippen LogP contribution >= 0.6 is 0 Å². The number of likely N-dealkylation sites (tertiary alicyclic amines) is 1. The van der Waals surface area contributed by atoms with Crippen molar-refractivity contribution >= 4 is 17.8 Å². The number of carbonyl (C=O) groups excluding carboxylic acids is 2. The summed E-state index contributed by atoms with van der Waals surface area (Å²) < 4.78 is 10.3. The van der Waals surface area contributed by atoms with E-state index in [9.17, 15) is 14.4 Å². The van der Waals surface area contributed by atoms with Gasteiger partial charge in [0.1, 0.15) is 0 Å². The van der Waals surface area contributed by atoms with E-state index < -0.39 is 5.97 Å². The number of nitrogens with zero attached hydrogens (tertiary/aromatic N) is 1. The second-order valence-corrected chi connectivity index (χ2v) is 7.09. The Hall–Kier alpha value is -2.77. The van der Waals surface area contributed by atoms with Gasteiger partial charge in [0.05, 0.1) is 26.7 Å². The average molecular weight is 376 g/mol. The molecule has 2 aliphatic rings. The molecule has 1 aliphatic heterocycles. The Labute approximate surface area is 157 Å². The van der Waals surface area contributed by atoms with Crippen LogP contribution in [0.3, 0.4) is 0 Å². The maximum atomic E-state index is 12.4. The quantitative estimate of drug-likeness (QED) is 0.772. The summed E-state index contributed by atoms with van der Waals surface area (Å²) in [7, 11) is 3.00. The van der Waals surface area contributed by atoms with Crippen molar-refractivity contribution in [2.24, 2.45) is 11.3 Å². The molecule has 1 unspecified atom stereocenters. The second-order valence-electron chi connectivity index (χ2n) is 7.09. The topological polar surface area (TPSA) is 105 Å². The Morgan fingerprint density at radius 1 is 1.19 bits per heavy atom. The van der Waals surface area contributed by atoms with E-state index >= 15 is 0 Å². The summed E-state index contributed by atoms with van der Waals surface area (Å²) in [6, 6.07) is 4.79. The van der Waals surface area contributed by atoms with Crippen LogP contribution in [-0.2, 0) is 9.59 Å². The standard InChI is InChI=1S/C19H24N2O6/c1-26-14-4-3-12(9-15(14)27-2)17(23)20-11-16(22)21-7-5-19(6-8-21)10-13(19)18(24)25/h3-4,9,13H,5-8,10-11H2,1-2H3,(H,20,23)(H,24,25). The number of ether oxygens (including phenoxy) is 2. The van der Waals surface area contributed by atoms with E-state index in [0.29, 0.717) is 49.4 Å².